The van der Waals surface area contributed by atoms with E-state index in [-0.39, 0.29) is 6.42 Å². The largest absolute Gasteiger partial charge is 0.481 e. The van der Waals surface area contributed by atoms with Crippen LogP contribution in [0.1, 0.15) is 23.9 Å². The highest BCUT2D eigenvalue weighted by Crippen LogP contribution is 2.23. The third-order valence-corrected chi connectivity index (χ3v) is 4.29. The highest BCUT2D eigenvalue weighted by atomic mass is 35.5. The van der Waals surface area contributed by atoms with E-state index < -0.39 is 5.97 Å². The Hall–Kier alpha value is -1.66. The lowest BCUT2D eigenvalue weighted by Gasteiger charge is -2.20. The molecule has 2 aromatic rings. The van der Waals surface area contributed by atoms with Crippen molar-refractivity contribution in [1.82, 2.24) is 10.2 Å². The van der Waals surface area contributed by atoms with Gasteiger partial charge in [0.15, 0.2) is 0 Å². The van der Waals surface area contributed by atoms with E-state index in [9.17, 15) is 4.79 Å². The maximum absolute atomic E-state index is 10.8. The van der Waals surface area contributed by atoms with Crippen LogP contribution in [0, 0.1) is 0 Å². The molecule has 0 spiro atoms. The molecule has 0 fully saturated rings. The molecule has 0 radical (unpaired) electrons. The molecule has 2 rings (SSSR count). The average Bonchev–Trinajstić information content (AvgIpc) is 2.94. The van der Waals surface area contributed by atoms with Crippen molar-refractivity contribution in [2.24, 2.45) is 0 Å². The number of aliphatic carboxylic acids is 1. The van der Waals surface area contributed by atoms with E-state index in [0.29, 0.717) is 18.1 Å². The fourth-order valence-electron chi connectivity index (χ4n) is 1.80. The fourth-order valence-corrected chi connectivity index (χ4v) is 2.73. The third kappa shape index (κ3) is 4.68. The first-order valence-corrected chi connectivity index (χ1v) is 7.81. The van der Waals surface area contributed by atoms with Crippen LogP contribution >= 0.6 is 22.9 Å². The molecule has 0 unspecified atom stereocenters. The van der Waals surface area contributed by atoms with Gasteiger partial charge in [0.2, 0.25) is 5.13 Å². The number of anilines is 1. The minimum absolute atomic E-state index is 0.0641. The zero-order valence-corrected chi connectivity index (χ0v) is 13.2. The molecule has 1 N–H and O–H groups in total. The highest BCUT2D eigenvalue weighted by molar-refractivity contribution is 7.15. The van der Waals surface area contributed by atoms with E-state index in [4.69, 9.17) is 16.7 Å². The Morgan fingerprint density at radius 2 is 2.05 bits per heavy atom. The highest BCUT2D eigenvalue weighted by Gasteiger charge is 2.14. The summed E-state index contributed by atoms with van der Waals surface area (Å²) >= 11 is 7.38. The van der Waals surface area contributed by atoms with Crippen LogP contribution in [0.25, 0.3) is 0 Å². The van der Waals surface area contributed by atoms with Gasteiger partial charge in [-0.15, -0.1) is 10.2 Å². The zero-order chi connectivity index (χ0) is 15.2. The summed E-state index contributed by atoms with van der Waals surface area (Å²) in [5, 5.41) is 19.5. The first-order valence-electron chi connectivity index (χ1n) is 6.62. The molecule has 7 heteroatoms. The smallest absolute Gasteiger partial charge is 0.305 e. The number of hydrogen-bond acceptors (Lipinski definition) is 5. The van der Waals surface area contributed by atoms with Gasteiger partial charge in [0, 0.05) is 18.1 Å². The van der Waals surface area contributed by atoms with E-state index in [1.165, 1.54) is 11.3 Å². The lowest BCUT2D eigenvalue weighted by molar-refractivity contribution is -0.136. The van der Waals surface area contributed by atoms with Crippen LogP contribution in [-0.4, -0.2) is 27.8 Å². The molecule has 21 heavy (non-hydrogen) atoms. The van der Waals surface area contributed by atoms with Crippen molar-refractivity contribution in [3.63, 3.8) is 0 Å². The van der Waals surface area contributed by atoms with Crippen molar-refractivity contribution in [3.05, 3.63) is 39.9 Å². The van der Waals surface area contributed by atoms with Crippen LogP contribution in [0.4, 0.5) is 5.13 Å². The summed E-state index contributed by atoms with van der Waals surface area (Å²) in [5.74, 6) is -0.823. The van der Waals surface area contributed by atoms with Gasteiger partial charge < -0.3 is 10.0 Å². The molecule has 0 saturated heterocycles. The lowest BCUT2D eigenvalue weighted by atomic mass is 10.2. The first-order chi connectivity index (χ1) is 10.1. The minimum Gasteiger partial charge on any atom is -0.481 e. The molecule has 0 aliphatic heterocycles. The Labute approximate surface area is 132 Å². The summed E-state index contributed by atoms with van der Waals surface area (Å²) in [5.41, 5.74) is 1.05. The Morgan fingerprint density at radius 3 is 2.62 bits per heavy atom. The first kappa shape index (κ1) is 15.7. The number of nitrogens with zero attached hydrogens (tertiary/aromatic N) is 3. The van der Waals surface area contributed by atoms with Crippen molar-refractivity contribution in [2.45, 2.75) is 26.3 Å². The van der Waals surface area contributed by atoms with Crippen LogP contribution < -0.4 is 4.90 Å². The molecule has 5 nitrogen and oxygen atoms in total. The standard InChI is InChI=1S/C14H16ClN3O2S/c1-2-12-16-17-14(21-12)18(8-7-13(19)20)9-10-3-5-11(15)6-4-10/h3-6H,2,7-9H2,1H3,(H,19,20). The number of aryl methyl sites for hydroxylation is 1. The number of aromatic nitrogens is 2. The average molecular weight is 326 g/mol. The van der Waals surface area contributed by atoms with Crippen LogP contribution in [0.15, 0.2) is 24.3 Å². The Balaban J connectivity index is 2.14. The van der Waals surface area contributed by atoms with Gasteiger partial charge in [0.25, 0.3) is 0 Å². The van der Waals surface area contributed by atoms with Crippen LogP contribution in [0.5, 0.6) is 0 Å². The molecular weight excluding hydrogens is 310 g/mol. The number of rotatable bonds is 7. The molecule has 0 amide bonds. The predicted octanol–water partition coefficient (Wildman–Crippen LogP) is 3.24. The molecule has 0 atom stereocenters. The maximum atomic E-state index is 10.8. The fraction of sp³-hybridized carbons (Fsp3) is 0.357. The number of carboxylic acid groups (broad SMARTS) is 1. The molecule has 0 saturated carbocycles. The molecule has 0 bridgehead atoms. The van der Waals surface area contributed by atoms with Crippen molar-refractivity contribution in [1.29, 1.82) is 0 Å². The van der Waals surface area contributed by atoms with Gasteiger partial charge in [0.1, 0.15) is 5.01 Å². The number of carboxylic acids is 1. The van der Waals surface area contributed by atoms with Gasteiger partial charge in [-0.05, 0) is 24.1 Å². The monoisotopic (exact) mass is 325 g/mol. The van der Waals surface area contributed by atoms with E-state index >= 15 is 0 Å². The normalized spacial score (nSPS) is 10.6. The third-order valence-electron chi connectivity index (χ3n) is 2.91. The van der Waals surface area contributed by atoms with E-state index in [1.807, 2.05) is 36.1 Å². The predicted molar refractivity (Wildman–Crippen MR) is 84.0 cm³/mol. The second kappa shape index (κ2) is 7.38. The second-order valence-electron chi connectivity index (χ2n) is 4.52. The molecule has 0 aliphatic rings. The molecule has 0 aliphatic carbocycles. The molecule has 112 valence electrons. The molecule has 1 heterocycles. The molecule has 1 aromatic carbocycles. The summed E-state index contributed by atoms with van der Waals surface area (Å²) in [6.07, 6.45) is 0.889. The summed E-state index contributed by atoms with van der Waals surface area (Å²) in [4.78, 5) is 12.8. The summed E-state index contributed by atoms with van der Waals surface area (Å²) < 4.78 is 0. The summed E-state index contributed by atoms with van der Waals surface area (Å²) in [7, 11) is 0. The van der Waals surface area contributed by atoms with Crippen molar-refractivity contribution in [3.8, 4) is 0 Å². The summed E-state index contributed by atoms with van der Waals surface area (Å²) in [6.45, 7) is 3.00. The Bertz CT molecular complexity index is 601. The SMILES string of the molecule is CCc1nnc(N(CCC(=O)O)Cc2ccc(Cl)cc2)s1. The molecular formula is C14H16ClN3O2S. The van der Waals surface area contributed by atoms with Crippen LogP contribution in [0.3, 0.4) is 0 Å². The van der Waals surface area contributed by atoms with Gasteiger partial charge >= 0.3 is 5.97 Å². The van der Waals surface area contributed by atoms with Gasteiger partial charge in [-0.25, -0.2) is 0 Å². The quantitative estimate of drug-likeness (QED) is 0.846. The van der Waals surface area contributed by atoms with Gasteiger partial charge in [-0.1, -0.05) is 42.0 Å². The Kier molecular flexibility index (Phi) is 5.52. The summed E-state index contributed by atoms with van der Waals surface area (Å²) in [6, 6.07) is 7.50. The minimum atomic E-state index is -0.823. The van der Waals surface area contributed by atoms with E-state index in [1.54, 1.807) is 0 Å². The lowest BCUT2D eigenvalue weighted by Crippen LogP contribution is -2.25. The van der Waals surface area contributed by atoms with Crippen LogP contribution in [-0.2, 0) is 17.8 Å². The van der Waals surface area contributed by atoms with E-state index in [0.717, 1.165) is 22.1 Å². The van der Waals surface area contributed by atoms with Gasteiger partial charge in [-0.3, -0.25) is 4.79 Å². The Morgan fingerprint density at radius 1 is 1.33 bits per heavy atom. The van der Waals surface area contributed by atoms with Crippen molar-refractivity contribution < 1.29 is 9.90 Å². The number of carbonyl (C=O) groups is 1. The zero-order valence-electron chi connectivity index (χ0n) is 11.6. The van der Waals surface area contributed by atoms with Gasteiger partial charge in [-0.2, -0.15) is 0 Å². The van der Waals surface area contributed by atoms with Crippen molar-refractivity contribution in [2.75, 3.05) is 11.4 Å². The van der Waals surface area contributed by atoms with Gasteiger partial charge in [0.05, 0.1) is 6.42 Å². The number of halogens is 1. The topological polar surface area (TPSA) is 66.3 Å². The van der Waals surface area contributed by atoms with Crippen molar-refractivity contribution >= 4 is 34.0 Å². The van der Waals surface area contributed by atoms with E-state index in [2.05, 4.69) is 10.2 Å². The second-order valence-corrected chi connectivity index (χ2v) is 6.00. The molecule has 1 aromatic heterocycles. The number of benzene rings is 1. The van der Waals surface area contributed by atoms with Crippen LogP contribution in [0.2, 0.25) is 5.02 Å². The number of hydrogen-bond donors (Lipinski definition) is 1. The maximum Gasteiger partial charge on any atom is 0.305 e.